The lowest BCUT2D eigenvalue weighted by Crippen LogP contribution is -2.34. The van der Waals surface area contributed by atoms with E-state index in [-0.39, 0.29) is 5.69 Å². The van der Waals surface area contributed by atoms with Gasteiger partial charge in [0.2, 0.25) is 0 Å². The van der Waals surface area contributed by atoms with Crippen LogP contribution in [0.25, 0.3) is 11.2 Å². The van der Waals surface area contributed by atoms with Crippen LogP contribution in [0.1, 0.15) is 5.56 Å². The van der Waals surface area contributed by atoms with Gasteiger partial charge in [-0.2, -0.15) is 0 Å². The summed E-state index contributed by atoms with van der Waals surface area (Å²) >= 11 is 6.05. The van der Waals surface area contributed by atoms with Gasteiger partial charge in [0.05, 0.1) is 17.9 Å². The number of hydrogen-bond acceptors (Lipinski definition) is 12. The number of phosphoric acid groups is 1. The number of nitrogens with one attached hydrogen (secondary N) is 2. The highest BCUT2D eigenvalue weighted by molar-refractivity contribution is 7.46. The largest absolute Gasteiger partial charge is 0.469 e. The highest BCUT2D eigenvalue weighted by Gasteiger charge is 2.42. The minimum atomic E-state index is -4.64. The van der Waals surface area contributed by atoms with Crippen LogP contribution in [-0.4, -0.2) is 81.2 Å². The van der Waals surface area contributed by atoms with Crippen molar-refractivity contribution in [3.8, 4) is 0 Å². The van der Waals surface area contributed by atoms with Crippen LogP contribution in [0.2, 0.25) is 5.02 Å². The summed E-state index contributed by atoms with van der Waals surface area (Å²) < 4.78 is 18.9. The van der Waals surface area contributed by atoms with Crippen LogP contribution in [0, 0.1) is 10.1 Å². The fourth-order valence-electron chi connectivity index (χ4n) is 2.93. The number of hydrogen-bond donors (Lipinski definition) is 7. The number of rotatable bonds is 7. The predicted molar refractivity (Wildman–Crippen MR) is 118 cm³/mol. The Morgan fingerprint density at radius 3 is 2.60 bits per heavy atom. The molecule has 1 saturated heterocycles. The first-order valence-electron chi connectivity index (χ1n) is 9.67. The van der Waals surface area contributed by atoms with Crippen LogP contribution >= 0.6 is 19.4 Å². The van der Waals surface area contributed by atoms with Crippen molar-refractivity contribution >= 4 is 42.1 Å². The van der Waals surface area contributed by atoms with E-state index in [2.05, 4.69) is 34.5 Å². The van der Waals surface area contributed by atoms with Crippen molar-refractivity contribution < 1.29 is 43.9 Å². The average Bonchev–Trinajstić information content (AvgIpc) is 3.38. The van der Waals surface area contributed by atoms with E-state index in [1.807, 2.05) is 0 Å². The molecule has 1 aromatic carbocycles. The number of halogens is 1. The number of aliphatic hydroxyl groups is 3. The molecule has 1 fully saturated rings. The fourth-order valence-corrected chi connectivity index (χ4v) is 3.45. The maximum absolute atomic E-state index is 10.8. The molecule has 3 aromatic rings. The first-order chi connectivity index (χ1) is 16.5. The minimum Gasteiger partial charge on any atom is -0.387 e. The summed E-state index contributed by atoms with van der Waals surface area (Å²) in [6.07, 6.45) is -2.76. The van der Waals surface area contributed by atoms with Crippen molar-refractivity contribution in [1.29, 1.82) is 0 Å². The standard InChI is InChI=1S/C12H9ClN6O2.C5H11O8P/c13-9-2-1-8(19(20)21)3-7(9)4-14-11-10-12(16-5-15-10)18-6-17-11;6-3-2(1-12-14(9,10)11)13-5(8)4(3)7/h1-3,5-6H,4H2,(H2,14,15,16,17,18);2-8H,1H2,(H2,9,10,11)/t;2-,3-,4-,5?/m.1/s1. The molecule has 18 heteroatoms. The maximum atomic E-state index is 10.8. The van der Waals surface area contributed by atoms with E-state index in [0.717, 1.165) is 0 Å². The molecule has 1 aliphatic rings. The van der Waals surface area contributed by atoms with Crippen LogP contribution < -0.4 is 5.32 Å². The summed E-state index contributed by atoms with van der Waals surface area (Å²) in [6.45, 7) is -0.314. The lowest BCUT2D eigenvalue weighted by atomic mass is 10.1. The molecule has 35 heavy (non-hydrogen) atoms. The van der Waals surface area contributed by atoms with E-state index < -0.39 is 44.0 Å². The van der Waals surface area contributed by atoms with E-state index in [0.29, 0.717) is 34.1 Å². The van der Waals surface area contributed by atoms with E-state index in [9.17, 15) is 14.7 Å². The monoisotopic (exact) mass is 534 g/mol. The molecule has 2 aromatic heterocycles. The first-order valence-corrected chi connectivity index (χ1v) is 11.6. The number of nitro benzene ring substituents is 1. The number of ether oxygens (including phenoxy) is 1. The Bertz CT molecular complexity index is 1230. The lowest BCUT2D eigenvalue weighted by molar-refractivity contribution is -0.384. The Labute approximate surface area is 200 Å². The number of non-ortho nitro benzene ring substituents is 1. The molecule has 16 nitrogen and oxygen atoms in total. The third kappa shape index (κ3) is 7.11. The van der Waals surface area contributed by atoms with E-state index in [1.165, 1.54) is 30.9 Å². The van der Waals surface area contributed by atoms with Crippen molar-refractivity contribution in [2.75, 3.05) is 11.9 Å². The molecule has 190 valence electrons. The Balaban J connectivity index is 0.000000214. The summed E-state index contributed by atoms with van der Waals surface area (Å²) in [6, 6.07) is 4.30. The highest BCUT2D eigenvalue weighted by Crippen LogP contribution is 2.37. The van der Waals surface area contributed by atoms with Gasteiger partial charge in [0, 0.05) is 23.7 Å². The fraction of sp³-hybridized carbons (Fsp3) is 0.353. The molecule has 1 unspecified atom stereocenters. The second-order valence-corrected chi connectivity index (χ2v) is 8.69. The molecule has 4 rings (SSSR count). The smallest absolute Gasteiger partial charge is 0.387 e. The molecule has 0 bridgehead atoms. The molecule has 0 aliphatic carbocycles. The molecular weight excluding hydrogens is 515 g/mol. The molecule has 0 radical (unpaired) electrons. The number of H-pyrrole nitrogens is 1. The Morgan fingerprint density at radius 2 is 1.97 bits per heavy atom. The molecular formula is C17H20ClN6O10P. The molecule has 0 amide bonds. The molecule has 0 saturated carbocycles. The van der Waals surface area contributed by atoms with Crippen molar-refractivity contribution in [2.24, 2.45) is 0 Å². The summed E-state index contributed by atoms with van der Waals surface area (Å²) in [4.78, 5) is 42.0. The summed E-state index contributed by atoms with van der Waals surface area (Å²) in [7, 11) is -4.64. The molecule has 1 aliphatic heterocycles. The number of imidazole rings is 1. The third-order valence-electron chi connectivity index (χ3n) is 4.65. The number of aliphatic hydroxyl groups excluding tert-OH is 3. The predicted octanol–water partition coefficient (Wildman–Crippen LogP) is 0.0613. The summed E-state index contributed by atoms with van der Waals surface area (Å²) in [5.74, 6) is 0.556. The SMILES string of the molecule is O=P(O)(O)OC[C@H]1OC(O)[C@H](O)[C@@H]1O.O=[N+]([O-])c1ccc(Cl)c(CNc2ncnc3nc[nH]c23)c1. The van der Waals surface area contributed by atoms with Crippen LogP contribution in [0.15, 0.2) is 30.9 Å². The number of aromatic nitrogens is 4. The van der Waals surface area contributed by atoms with Gasteiger partial charge in [-0.25, -0.2) is 19.5 Å². The zero-order chi connectivity index (χ0) is 25.8. The minimum absolute atomic E-state index is 0.00873. The van der Waals surface area contributed by atoms with Crippen molar-refractivity contribution in [3.05, 3.63) is 51.6 Å². The molecule has 3 heterocycles. The second kappa shape index (κ2) is 11.3. The molecule has 4 atom stereocenters. The van der Waals surface area contributed by atoms with Crippen LogP contribution in [0.3, 0.4) is 0 Å². The summed E-state index contributed by atoms with van der Waals surface area (Å²) in [5, 5.41) is 41.3. The zero-order valence-corrected chi connectivity index (χ0v) is 19.2. The third-order valence-corrected chi connectivity index (χ3v) is 5.51. The van der Waals surface area contributed by atoms with Gasteiger partial charge >= 0.3 is 7.82 Å². The van der Waals surface area contributed by atoms with Gasteiger partial charge < -0.3 is 40.1 Å². The van der Waals surface area contributed by atoms with Gasteiger partial charge in [0.15, 0.2) is 17.8 Å². The number of phosphoric ester groups is 1. The van der Waals surface area contributed by atoms with E-state index in [1.54, 1.807) is 0 Å². The number of fused-ring (bicyclic) bond motifs is 1. The number of benzene rings is 1. The van der Waals surface area contributed by atoms with Crippen LogP contribution in [0.4, 0.5) is 11.5 Å². The van der Waals surface area contributed by atoms with Gasteiger partial charge in [0.25, 0.3) is 5.69 Å². The van der Waals surface area contributed by atoms with Crippen molar-refractivity contribution in [3.63, 3.8) is 0 Å². The van der Waals surface area contributed by atoms with Gasteiger partial charge in [-0.3, -0.25) is 14.6 Å². The van der Waals surface area contributed by atoms with E-state index >= 15 is 0 Å². The lowest BCUT2D eigenvalue weighted by Gasteiger charge is -2.14. The molecule has 0 spiro atoms. The van der Waals surface area contributed by atoms with Gasteiger partial charge in [-0.05, 0) is 11.6 Å². The van der Waals surface area contributed by atoms with Crippen LogP contribution in [-0.2, 0) is 20.4 Å². The summed E-state index contributed by atoms with van der Waals surface area (Å²) in [5.41, 5.74) is 1.81. The normalized spacial score (nSPS) is 22.0. The zero-order valence-electron chi connectivity index (χ0n) is 17.5. The number of anilines is 1. The second-order valence-electron chi connectivity index (χ2n) is 7.04. The Kier molecular flexibility index (Phi) is 8.65. The van der Waals surface area contributed by atoms with Crippen molar-refractivity contribution in [2.45, 2.75) is 31.1 Å². The topological polar surface area (TPSA) is 246 Å². The Hall–Kier alpha value is -2.79. The van der Waals surface area contributed by atoms with Gasteiger partial charge in [0.1, 0.15) is 30.2 Å². The maximum Gasteiger partial charge on any atom is 0.469 e. The number of nitro groups is 1. The molecule has 7 N–H and O–H groups in total. The van der Waals surface area contributed by atoms with Crippen molar-refractivity contribution in [1.82, 2.24) is 19.9 Å². The van der Waals surface area contributed by atoms with E-state index in [4.69, 9.17) is 36.7 Å². The highest BCUT2D eigenvalue weighted by atomic mass is 35.5. The first kappa shape index (κ1) is 26.8. The van der Waals surface area contributed by atoms with Crippen LogP contribution in [0.5, 0.6) is 0 Å². The quantitative estimate of drug-likeness (QED) is 0.120. The number of nitrogens with zero attached hydrogens (tertiary/aromatic N) is 4. The Morgan fingerprint density at radius 1 is 1.23 bits per heavy atom. The van der Waals surface area contributed by atoms with Gasteiger partial charge in [-0.15, -0.1) is 0 Å². The average molecular weight is 535 g/mol. The number of aromatic amines is 1. The van der Waals surface area contributed by atoms with Gasteiger partial charge in [-0.1, -0.05) is 11.6 Å².